The van der Waals surface area contributed by atoms with Crippen LogP contribution in [0, 0.1) is 11.3 Å². The zero-order valence-corrected chi connectivity index (χ0v) is 14.6. The van der Waals surface area contributed by atoms with Crippen LogP contribution < -0.4 is 11.1 Å². The lowest BCUT2D eigenvalue weighted by atomic mass is 9.93. The van der Waals surface area contributed by atoms with E-state index in [0.29, 0.717) is 12.4 Å². The molecule has 126 valence electrons. The highest BCUT2D eigenvalue weighted by Crippen LogP contribution is 2.21. The van der Waals surface area contributed by atoms with Crippen molar-refractivity contribution in [3.8, 4) is 0 Å². The fraction of sp³-hybridized carbons (Fsp3) is 0.750. The first-order valence-corrected chi connectivity index (χ1v) is 7.80. The van der Waals surface area contributed by atoms with Gasteiger partial charge in [0.15, 0.2) is 5.69 Å². The smallest absolute Gasteiger partial charge is 0.273 e. The van der Waals surface area contributed by atoms with Gasteiger partial charge in [0.1, 0.15) is 6.26 Å². The number of nitrogens with two attached hydrogens (primary N) is 1. The summed E-state index contributed by atoms with van der Waals surface area (Å²) in [4.78, 5) is 18.5. The van der Waals surface area contributed by atoms with Gasteiger partial charge in [0.2, 0.25) is 5.89 Å². The molecule has 22 heavy (non-hydrogen) atoms. The van der Waals surface area contributed by atoms with E-state index in [2.05, 4.69) is 36.0 Å². The van der Waals surface area contributed by atoms with Crippen LogP contribution in [0.5, 0.6) is 0 Å². The highest BCUT2D eigenvalue weighted by Gasteiger charge is 2.23. The number of hydrogen-bond donors (Lipinski definition) is 2. The zero-order chi connectivity index (χ0) is 16.9. The van der Waals surface area contributed by atoms with Gasteiger partial charge in [-0.3, -0.25) is 4.79 Å². The molecule has 0 saturated carbocycles. The summed E-state index contributed by atoms with van der Waals surface area (Å²) in [6.07, 6.45) is 2.32. The average molecular weight is 310 g/mol. The Labute approximate surface area is 133 Å². The number of nitrogens with zero attached hydrogens (tertiary/aromatic N) is 2. The zero-order valence-electron chi connectivity index (χ0n) is 14.6. The van der Waals surface area contributed by atoms with E-state index in [1.807, 2.05) is 21.0 Å². The second kappa shape index (κ2) is 7.74. The average Bonchev–Trinajstić information content (AvgIpc) is 2.91. The maximum atomic E-state index is 12.2. The first kappa shape index (κ1) is 18.6. The van der Waals surface area contributed by atoms with E-state index in [1.165, 1.54) is 6.26 Å². The highest BCUT2D eigenvalue weighted by atomic mass is 16.3. The third-order valence-corrected chi connectivity index (χ3v) is 3.77. The van der Waals surface area contributed by atoms with Crippen molar-refractivity contribution in [1.29, 1.82) is 0 Å². The summed E-state index contributed by atoms with van der Waals surface area (Å²) in [7, 11) is 4.04. The minimum Gasteiger partial charge on any atom is -0.446 e. The van der Waals surface area contributed by atoms with E-state index in [-0.39, 0.29) is 29.0 Å². The molecule has 0 aliphatic heterocycles. The van der Waals surface area contributed by atoms with Crippen LogP contribution in [-0.2, 0) is 0 Å². The molecule has 0 fully saturated rings. The number of oxazole rings is 1. The van der Waals surface area contributed by atoms with Gasteiger partial charge in [0.05, 0.1) is 6.04 Å². The molecule has 6 nitrogen and oxygen atoms in total. The predicted molar refractivity (Wildman–Crippen MR) is 87.6 cm³/mol. The number of hydrogen-bond acceptors (Lipinski definition) is 5. The van der Waals surface area contributed by atoms with Gasteiger partial charge in [0.25, 0.3) is 5.91 Å². The Kier molecular flexibility index (Phi) is 6.56. The fourth-order valence-electron chi connectivity index (χ4n) is 2.36. The van der Waals surface area contributed by atoms with E-state index in [1.54, 1.807) is 0 Å². The Morgan fingerprint density at radius 1 is 1.50 bits per heavy atom. The Bertz CT molecular complexity index is 482. The lowest BCUT2D eigenvalue weighted by molar-refractivity contribution is 0.0924. The summed E-state index contributed by atoms with van der Waals surface area (Å²) < 4.78 is 5.36. The molecule has 0 aliphatic carbocycles. The van der Waals surface area contributed by atoms with E-state index < -0.39 is 0 Å². The van der Waals surface area contributed by atoms with Gasteiger partial charge < -0.3 is 20.4 Å². The number of carbonyl (C=O) groups excluding carboxylic acids is 1. The molecular formula is C16H30N4O2. The molecular weight excluding hydrogens is 280 g/mol. The summed E-state index contributed by atoms with van der Waals surface area (Å²) in [5.74, 6) is 0.457. The molecule has 1 rings (SSSR count). The van der Waals surface area contributed by atoms with Crippen LogP contribution in [0.1, 0.15) is 56.5 Å². The molecule has 6 heteroatoms. The highest BCUT2D eigenvalue weighted by molar-refractivity contribution is 5.91. The molecule has 2 unspecified atom stereocenters. The molecule has 3 N–H and O–H groups in total. The molecule has 0 aliphatic rings. The molecule has 0 radical (unpaired) electrons. The molecule has 0 saturated heterocycles. The van der Waals surface area contributed by atoms with E-state index in [4.69, 9.17) is 10.2 Å². The van der Waals surface area contributed by atoms with Crippen molar-refractivity contribution in [2.45, 2.75) is 40.2 Å². The van der Waals surface area contributed by atoms with Gasteiger partial charge in [-0.2, -0.15) is 0 Å². The van der Waals surface area contributed by atoms with Gasteiger partial charge >= 0.3 is 0 Å². The van der Waals surface area contributed by atoms with Crippen LogP contribution in [0.15, 0.2) is 10.7 Å². The van der Waals surface area contributed by atoms with Gasteiger partial charge in [-0.25, -0.2) is 4.98 Å². The maximum absolute atomic E-state index is 12.2. The largest absolute Gasteiger partial charge is 0.446 e. The van der Waals surface area contributed by atoms with Crippen LogP contribution in [-0.4, -0.2) is 43.0 Å². The molecule has 1 amide bonds. The summed E-state index contributed by atoms with van der Waals surface area (Å²) in [5, 5.41) is 2.91. The number of carbonyl (C=O) groups is 1. The standard InChI is InChI=1S/C16H30N4O2/c1-7-11(2)13(17)15-19-12(8-22-15)14(21)18-9-16(3,4)10-20(5)6/h8,11,13H,7,9-10,17H2,1-6H3,(H,18,21). The van der Waals surface area contributed by atoms with Crippen LogP contribution in [0.3, 0.4) is 0 Å². The third-order valence-electron chi connectivity index (χ3n) is 3.77. The SMILES string of the molecule is CCC(C)C(N)c1nc(C(=O)NCC(C)(C)CN(C)C)co1. The Hall–Kier alpha value is -1.40. The summed E-state index contributed by atoms with van der Waals surface area (Å²) in [5.41, 5.74) is 6.34. The molecule has 1 aromatic heterocycles. The van der Waals surface area contributed by atoms with Crippen LogP contribution in [0.4, 0.5) is 0 Å². The Morgan fingerprint density at radius 3 is 2.68 bits per heavy atom. The second-order valence-corrected chi connectivity index (χ2v) is 7.07. The molecule has 0 spiro atoms. The van der Waals surface area contributed by atoms with Crippen LogP contribution in [0.2, 0.25) is 0 Å². The van der Waals surface area contributed by atoms with Gasteiger partial charge in [0, 0.05) is 13.1 Å². The maximum Gasteiger partial charge on any atom is 0.273 e. The minimum atomic E-state index is -0.281. The van der Waals surface area contributed by atoms with Gasteiger partial charge in [-0.1, -0.05) is 34.1 Å². The molecule has 1 heterocycles. The first-order valence-electron chi connectivity index (χ1n) is 7.80. The van der Waals surface area contributed by atoms with Crippen LogP contribution in [0.25, 0.3) is 0 Å². The Balaban J connectivity index is 2.62. The number of aromatic nitrogens is 1. The van der Waals surface area contributed by atoms with Crippen LogP contribution >= 0.6 is 0 Å². The second-order valence-electron chi connectivity index (χ2n) is 7.07. The molecule has 2 atom stereocenters. The van der Waals surface area contributed by atoms with E-state index >= 15 is 0 Å². The quantitative estimate of drug-likeness (QED) is 0.767. The van der Waals surface area contributed by atoms with E-state index in [0.717, 1.165) is 13.0 Å². The Morgan fingerprint density at radius 2 is 2.14 bits per heavy atom. The predicted octanol–water partition coefficient (Wildman–Crippen LogP) is 2.04. The summed E-state index contributed by atoms with van der Waals surface area (Å²) in [6.45, 7) is 9.78. The topological polar surface area (TPSA) is 84.4 Å². The summed E-state index contributed by atoms with van der Waals surface area (Å²) in [6, 6.07) is -0.281. The van der Waals surface area contributed by atoms with Gasteiger partial charge in [-0.15, -0.1) is 0 Å². The van der Waals surface area contributed by atoms with Crippen molar-refractivity contribution in [1.82, 2.24) is 15.2 Å². The van der Waals surface area contributed by atoms with E-state index in [9.17, 15) is 4.79 Å². The molecule has 1 aromatic rings. The third kappa shape index (κ3) is 5.42. The monoisotopic (exact) mass is 310 g/mol. The van der Waals surface area contributed by atoms with Gasteiger partial charge in [-0.05, 0) is 25.4 Å². The van der Waals surface area contributed by atoms with Crippen molar-refractivity contribution >= 4 is 5.91 Å². The number of rotatable bonds is 8. The number of nitrogens with one attached hydrogen (secondary N) is 1. The molecule has 0 aromatic carbocycles. The fourth-order valence-corrected chi connectivity index (χ4v) is 2.36. The van der Waals surface area contributed by atoms with Crippen molar-refractivity contribution < 1.29 is 9.21 Å². The molecule has 0 bridgehead atoms. The first-order chi connectivity index (χ1) is 10.2. The number of amides is 1. The lowest BCUT2D eigenvalue weighted by Gasteiger charge is -2.28. The normalized spacial score (nSPS) is 14.9. The summed E-state index contributed by atoms with van der Waals surface area (Å²) >= 11 is 0. The van der Waals surface area contributed by atoms with Crippen molar-refractivity contribution in [2.24, 2.45) is 17.1 Å². The van der Waals surface area contributed by atoms with Crippen molar-refractivity contribution in [2.75, 3.05) is 27.2 Å². The van der Waals surface area contributed by atoms with Crippen molar-refractivity contribution in [3.63, 3.8) is 0 Å². The minimum absolute atomic E-state index is 0.0150. The van der Waals surface area contributed by atoms with Crippen molar-refractivity contribution in [3.05, 3.63) is 17.8 Å². The lowest BCUT2D eigenvalue weighted by Crippen LogP contribution is -2.40.